The highest BCUT2D eigenvalue weighted by molar-refractivity contribution is 6.12. The van der Waals surface area contributed by atoms with Gasteiger partial charge in [-0.05, 0) is 85.6 Å². The number of unbranched alkanes of at least 4 members (excludes halogenated alkanes) is 2. The number of hydrogen-bond acceptors (Lipinski definition) is 14. The fraction of sp³-hybridized carbons (Fsp3) is 0.456. The van der Waals surface area contributed by atoms with Crippen LogP contribution in [0.5, 0.6) is 0 Å². The molecule has 5 aliphatic rings. The minimum absolute atomic E-state index is 0.0351. The Balaban J connectivity index is 0.785. The number of nitrogens with zero attached hydrogens (tertiary/aromatic N) is 3. The Bertz CT molecular complexity index is 3230. The Labute approximate surface area is 453 Å². The summed E-state index contributed by atoms with van der Waals surface area (Å²) < 4.78 is 28.4. The van der Waals surface area contributed by atoms with Gasteiger partial charge in [-0.2, -0.15) is 0 Å². The molecule has 6 N–H and O–H groups in total. The van der Waals surface area contributed by atoms with Crippen molar-refractivity contribution in [3.8, 4) is 11.4 Å². The first-order chi connectivity index (χ1) is 37.9. The molecule has 2 aromatic carbocycles. The number of cyclic esters (lactones) is 1. The Hall–Kier alpha value is -7.98. The zero-order chi connectivity index (χ0) is 56.1. The predicted octanol–water partition coefficient (Wildman–Crippen LogP) is 2.34. The van der Waals surface area contributed by atoms with Crippen LogP contribution in [0.3, 0.4) is 0 Å². The predicted molar refractivity (Wildman–Crippen MR) is 281 cm³/mol. The van der Waals surface area contributed by atoms with E-state index in [1.165, 1.54) is 22.8 Å². The van der Waals surface area contributed by atoms with Crippen molar-refractivity contribution in [1.82, 2.24) is 41.0 Å². The fourth-order valence-electron chi connectivity index (χ4n) is 11.0. The summed E-state index contributed by atoms with van der Waals surface area (Å²) >= 11 is 0. The summed E-state index contributed by atoms with van der Waals surface area (Å²) in [5.74, 6) is -5.45. The number of halogens is 1. The number of pyridine rings is 2. The van der Waals surface area contributed by atoms with Crippen molar-refractivity contribution in [3.63, 3.8) is 0 Å². The molecule has 4 atom stereocenters. The molecule has 5 heterocycles. The molecule has 7 amide bonds. The van der Waals surface area contributed by atoms with Gasteiger partial charge in [0.15, 0.2) is 11.4 Å². The molecule has 4 aromatic rings. The first-order valence-electron chi connectivity index (χ1n) is 26.8. The highest BCUT2D eigenvalue weighted by atomic mass is 19.1. The zero-order valence-corrected chi connectivity index (χ0v) is 44.0. The molecule has 416 valence electrons. The minimum atomic E-state index is -2.04. The highest BCUT2D eigenvalue weighted by Gasteiger charge is 2.46. The Morgan fingerprint density at radius 3 is 2.30 bits per heavy atom. The van der Waals surface area contributed by atoms with Gasteiger partial charge in [0.1, 0.15) is 31.3 Å². The molecule has 1 saturated carbocycles. The SMILES string of the molecule is CC[C@@]1(O)C(=O)OCc2c1cc1n(c2=O)Cc2c-1nc1cc(F)c(C)c3c1c2[C@@H](CC(=O)[C@@H](CC1CC1)OCNC(=O)CNC(=O)[C@H](Cc1ccccc1)NC(=O)CNC(=O)CNC(=O)CCCCCN1C(=O)C=CC1=O)CC3. The van der Waals surface area contributed by atoms with E-state index in [1.54, 1.807) is 50.2 Å². The molecule has 0 unspecified atom stereocenters. The lowest BCUT2D eigenvalue weighted by atomic mass is 9.76. The summed E-state index contributed by atoms with van der Waals surface area (Å²) in [5, 5.41) is 24.8. The van der Waals surface area contributed by atoms with Gasteiger partial charge in [0.25, 0.3) is 17.4 Å². The molecule has 0 radical (unpaired) electrons. The maximum Gasteiger partial charge on any atom is 0.343 e. The van der Waals surface area contributed by atoms with E-state index in [1.807, 2.05) is 0 Å². The van der Waals surface area contributed by atoms with Crippen molar-refractivity contribution in [1.29, 1.82) is 0 Å². The monoisotopic (exact) mass is 1090 g/mol. The van der Waals surface area contributed by atoms with Crippen LogP contribution in [0.2, 0.25) is 0 Å². The molecule has 0 saturated heterocycles. The summed E-state index contributed by atoms with van der Waals surface area (Å²) in [6, 6.07) is 10.6. The molecular formula is C57H63FN8O13. The van der Waals surface area contributed by atoms with Gasteiger partial charge < -0.3 is 45.7 Å². The van der Waals surface area contributed by atoms with Gasteiger partial charge in [0, 0.05) is 60.5 Å². The van der Waals surface area contributed by atoms with Crippen LogP contribution in [0.25, 0.3) is 22.3 Å². The number of esters is 1. The minimum Gasteiger partial charge on any atom is -0.458 e. The fourth-order valence-corrected chi connectivity index (χ4v) is 11.0. The van der Waals surface area contributed by atoms with E-state index in [-0.39, 0.29) is 92.7 Å². The normalized spacial score (nSPS) is 18.5. The largest absolute Gasteiger partial charge is 0.458 e. The molecule has 22 heteroatoms. The summed E-state index contributed by atoms with van der Waals surface area (Å²) in [6.07, 6.45) is 6.43. The van der Waals surface area contributed by atoms with Crippen LogP contribution < -0.4 is 32.1 Å². The number of carbonyl (C=O) groups excluding carboxylic acids is 9. The lowest BCUT2D eigenvalue weighted by molar-refractivity contribution is -0.172. The quantitative estimate of drug-likeness (QED) is 0.0212. The number of aromatic nitrogens is 2. The van der Waals surface area contributed by atoms with Crippen molar-refractivity contribution < 1.29 is 62.1 Å². The maximum absolute atomic E-state index is 15.6. The van der Waals surface area contributed by atoms with Gasteiger partial charge in [-0.1, -0.05) is 56.5 Å². The van der Waals surface area contributed by atoms with Crippen molar-refractivity contribution >= 4 is 64.0 Å². The second-order valence-electron chi connectivity index (χ2n) is 20.8. The number of nitrogens with one attached hydrogen (secondary N) is 5. The number of benzene rings is 2. The standard InChI is InChI=1S/C57H63FN8O13/c1-3-57(77)38-23-42-53-36(28-66(42)55(75)37(38)29-78-56(57)76)51-34(15-16-35-31(2)39(58)24-40(64-53)52(35)51)22-43(67)44(21-33-13-14-33)79-30-62-47(70)26-61-54(74)41(20-32-10-6-4-7-11-32)63-48(71)27-60-46(69)25-59-45(68)12-8-5-9-19-65-49(72)17-18-50(65)73/h4,6-7,10-11,17-18,23-24,33-34,41,44,77H,3,5,8-9,12-16,19-22,25-30H2,1-2H3,(H,59,68)(H,60,69)(H,61,74)(H,62,70)(H,63,71)/t34-,41+,44-,57+/m1/s1. The smallest absolute Gasteiger partial charge is 0.343 e. The Kier molecular flexibility index (Phi) is 16.9. The van der Waals surface area contributed by atoms with E-state index >= 15 is 4.39 Å². The third-order valence-corrected chi connectivity index (χ3v) is 15.5. The van der Waals surface area contributed by atoms with Gasteiger partial charge >= 0.3 is 5.97 Å². The van der Waals surface area contributed by atoms with Crippen LogP contribution >= 0.6 is 0 Å². The van der Waals surface area contributed by atoms with Crippen molar-refractivity contribution in [2.75, 3.05) is 32.9 Å². The van der Waals surface area contributed by atoms with E-state index < -0.39 is 84.3 Å². The number of carbonyl (C=O) groups is 9. The Morgan fingerprint density at radius 2 is 1.57 bits per heavy atom. The van der Waals surface area contributed by atoms with Gasteiger partial charge in [-0.3, -0.25) is 48.1 Å². The average Bonchev–Trinajstić information content (AvgIpc) is 3.66. The number of rotatable bonds is 25. The van der Waals surface area contributed by atoms with Crippen molar-refractivity contribution in [2.24, 2.45) is 5.92 Å². The molecule has 9 rings (SSSR count). The van der Waals surface area contributed by atoms with E-state index in [4.69, 9.17) is 14.5 Å². The van der Waals surface area contributed by atoms with Crippen LogP contribution in [-0.4, -0.2) is 118 Å². The van der Waals surface area contributed by atoms with Crippen molar-refractivity contribution in [3.05, 3.63) is 110 Å². The van der Waals surface area contributed by atoms with Gasteiger partial charge in [-0.15, -0.1) is 0 Å². The first-order valence-corrected chi connectivity index (χ1v) is 26.8. The first kappa shape index (κ1) is 55.8. The zero-order valence-electron chi connectivity index (χ0n) is 44.0. The lowest BCUT2D eigenvalue weighted by Gasteiger charge is -2.31. The number of fused-ring (bicyclic) bond motifs is 5. The van der Waals surface area contributed by atoms with Crippen LogP contribution in [-0.2, 0) is 84.2 Å². The molecule has 0 spiro atoms. The molecule has 2 aliphatic carbocycles. The number of aryl methyl sites for hydroxylation is 1. The highest BCUT2D eigenvalue weighted by Crippen LogP contribution is 2.48. The molecular weight excluding hydrogens is 1020 g/mol. The summed E-state index contributed by atoms with van der Waals surface area (Å²) in [7, 11) is 0. The number of ketones is 1. The van der Waals surface area contributed by atoms with E-state index in [2.05, 4.69) is 26.6 Å². The number of hydrogen-bond donors (Lipinski definition) is 6. The molecule has 1 fully saturated rings. The van der Waals surface area contributed by atoms with E-state index in [0.29, 0.717) is 72.1 Å². The van der Waals surface area contributed by atoms with Crippen LogP contribution in [0.4, 0.5) is 4.39 Å². The molecule has 79 heavy (non-hydrogen) atoms. The van der Waals surface area contributed by atoms with Gasteiger partial charge in [0.2, 0.25) is 29.5 Å². The number of ether oxygens (including phenoxy) is 2. The summed E-state index contributed by atoms with van der Waals surface area (Å²) in [4.78, 5) is 135. The topological polar surface area (TPSA) is 291 Å². The second-order valence-corrected chi connectivity index (χ2v) is 20.8. The van der Waals surface area contributed by atoms with Gasteiger partial charge in [0.05, 0.1) is 48.6 Å². The van der Waals surface area contributed by atoms with Crippen molar-refractivity contribution in [2.45, 2.75) is 128 Å². The number of Topliss-reactive ketones (excluding diaryl/α,β-unsaturated/α-hetero) is 1. The van der Waals surface area contributed by atoms with E-state index in [0.717, 1.165) is 34.3 Å². The van der Waals surface area contributed by atoms with Crippen LogP contribution in [0, 0.1) is 18.7 Å². The third-order valence-electron chi connectivity index (χ3n) is 15.5. The second kappa shape index (κ2) is 23.9. The Morgan fingerprint density at radius 1 is 0.861 bits per heavy atom. The summed E-state index contributed by atoms with van der Waals surface area (Å²) in [5.41, 5.74) is 2.38. The lowest BCUT2D eigenvalue weighted by Crippen LogP contribution is -2.52. The molecule has 0 bridgehead atoms. The van der Waals surface area contributed by atoms with Crippen LogP contribution in [0.15, 0.2) is 59.4 Å². The maximum atomic E-state index is 15.6. The van der Waals surface area contributed by atoms with Crippen LogP contribution in [0.1, 0.15) is 116 Å². The number of amides is 7. The molecule has 3 aliphatic heterocycles. The molecule has 21 nitrogen and oxygen atoms in total. The third kappa shape index (κ3) is 12.3. The summed E-state index contributed by atoms with van der Waals surface area (Å²) in [6.45, 7) is 1.59. The molecule has 2 aromatic heterocycles. The van der Waals surface area contributed by atoms with Gasteiger partial charge in [-0.25, -0.2) is 14.2 Å². The number of imide groups is 1. The number of aliphatic hydroxyl groups is 1. The average molecular weight is 1090 g/mol. The van der Waals surface area contributed by atoms with E-state index in [9.17, 15) is 53.1 Å².